The number of nitrogens with zero attached hydrogens (tertiary/aromatic N) is 1. The molecule has 0 radical (unpaired) electrons. The average molecular weight is 273 g/mol. The summed E-state index contributed by atoms with van der Waals surface area (Å²) in [6.45, 7) is 2.76. The zero-order valence-electron chi connectivity index (χ0n) is 12.1. The van der Waals surface area contributed by atoms with Gasteiger partial charge in [0.05, 0.1) is 12.2 Å². The van der Waals surface area contributed by atoms with Crippen molar-refractivity contribution < 1.29 is 9.15 Å². The Labute approximate surface area is 118 Å². The smallest absolute Gasteiger partial charge is 0.190 e. The van der Waals surface area contributed by atoms with Crippen molar-refractivity contribution in [2.45, 2.75) is 13.5 Å². The molecule has 1 heterocycles. The van der Waals surface area contributed by atoms with Crippen LogP contribution in [0.5, 0.6) is 0 Å². The SMILES string of the molecule is CCOCc1coc(-c2ccc(N(C)C)cc2)cc1=O. The highest BCUT2D eigenvalue weighted by Crippen LogP contribution is 2.21. The fourth-order valence-electron chi connectivity index (χ4n) is 1.83. The maximum atomic E-state index is 11.9. The molecule has 1 aromatic heterocycles. The van der Waals surface area contributed by atoms with Crippen LogP contribution in [-0.4, -0.2) is 20.7 Å². The van der Waals surface area contributed by atoms with Gasteiger partial charge in [0.1, 0.15) is 12.0 Å². The van der Waals surface area contributed by atoms with Crippen LogP contribution in [0.3, 0.4) is 0 Å². The Balaban J connectivity index is 2.25. The molecule has 4 heteroatoms. The lowest BCUT2D eigenvalue weighted by Crippen LogP contribution is -2.09. The molecule has 0 unspecified atom stereocenters. The van der Waals surface area contributed by atoms with E-state index in [1.807, 2.05) is 50.2 Å². The minimum Gasteiger partial charge on any atom is -0.464 e. The third-order valence-corrected chi connectivity index (χ3v) is 3.04. The molecule has 0 aliphatic rings. The van der Waals surface area contributed by atoms with Crippen molar-refractivity contribution in [2.24, 2.45) is 0 Å². The Bertz CT molecular complexity index is 614. The first-order valence-corrected chi connectivity index (χ1v) is 6.59. The first kappa shape index (κ1) is 14.3. The maximum Gasteiger partial charge on any atom is 0.190 e. The van der Waals surface area contributed by atoms with Crippen LogP contribution in [-0.2, 0) is 11.3 Å². The molecule has 1 aromatic carbocycles. The number of rotatable bonds is 5. The van der Waals surface area contributed by atoms with Crippen LogP contribution < -0.4 is 10.3 Å². The fraction of sp³-hybridized carbons (Fsp3) is 0.312. The topological polar surface area (TPSA) is 42.7 Å². The minimum absolute atomic E-state index is 0.0589. The number of benzene rings is 1. The van der Waals surface area contributed by atoms with Gasteiger partial charge in [-0.15, -0.1) is 0 Å². The number of hydrogen-bond donors (Lipinski definition) is 0. The second kappa shape index (κ2) is 6.39. The van der Waals surface area contributed by atoms with Crippen molar-refractivity contribution in [3.63, 3.8) is 0 Å². The lowest BCUT2D eigenvalue weighted by Gasteiger charge is -2.12. The van der Waals surface area contributed by atoms with E-state index >= 15 is 0 Å². The zero-order chi connectivity index (χ0) is 14.5. The summed E-state index contributed by atoms with van der Waals surface area (Å²) in [5.41, 5.74) is 2.47. The maximum absolute atomic E-state index is 11.9. The molecule has 4 nitrogen and oxygen atoms in total. The van der Waals surface area contributed by atoms with Crippen LogP contribution >= 0.6 is 0 Å². The van der Waals surface area contributed by atoms with Crippen molar-refractivity contribution in [1.29, 1.82) is 0 Å². The summed E-state index contributed by atoms with van der Waals surface area (Å²) in [6.07, 6.45) is 1.48. The van der Waals surface area contributed by atoms with E-state index in [-0.39, 0.29) is 5.43 Å². The van der Waals surface area contributed by atoms with E-state index in [4.69, 9.17) is 9.15 Å². The Hall–Kier alpha value is -2.07. The summed E-state index contributed by atoms with van der Waals surface area (Å²) in [6, 6.07) is 9.37. The predicted octanol–water partition coefficient (Wildman–Crippen LogP) is 2.91. The molecule has 106 valence electrons. The van der Waals surface area contributed by atoms with Crippen molar-refractivity contribution >= 4 is 5.69 Å². The minimum atomic E-state index is -0.0589. The van der Waals surface area contributed by atoms with E-state index in [0.717, 1.165) is 11.3 Å². The molecule has 0 atom stereocenters. The Kier molecular flexibility index (Phi) is 4.58. The molecule has 0 saturated carbocycles. The van der Waals surface area contributed by atoms with Gasteiger partial charge in [0.25, 0.3) is 0 Å². The number of ether oxygens (including phenoxy) is 1. The van der Waals surface area contributed by atoms with Gasteiger partial charge in [-0.2, -0.15) is 0 Å². The second-order valence-corrected chi connectivity index (χ2v) is 4.71. The fourth-order valence-corrected chi connectivity index (χ4v) is 1.83. The summed E-state index contributed by atoms with van der Waals surface area (Å²) < 4.78 is 10.8. The molecule has 0 aliphatic heterocycles. The lowest BCUT2D eigenvalue weighted by molar-refractivity contribution is 0.132. The molecule has 20 heavy (non-hydrogen) atoms. The molecule has 2 aromatic rings. The van der Waals surface area contributed by atoms with Crippen LogP contribution in [0, 0.1) is 0 Å². The van der Waals surface area contributed by atoms with E-state index in [1.165, 1.54) is 12.3 Å². The van der Waals surface area contributed by atoms with Gasteiger partial charge >= 0.3 is 0 Å². The number of anilines is 1. The van der Waals surface area contributed by atoms with Gasteiger partial charge in [0.2, 0.25) is 0 Å². The summed E-state index contributed by atoms with van der Waals surface area (Å²) in [7, 11) is 3.97. The third-order valence-electron chi connectivity index (χ3n) is 3.04. The molecular weight excluding hydrogens is 254 g/mol. The summed E-state index contributed by atoms with van der Waals surface area (Å²) in [5, 5.41) is 0. The first-order chi connectivity index (χ1) is 9.61. The highest BCUT2D eigenvalue weighted by molar-refractivity contribution is 5.61. The zero-order valence-corrected chi connectivity index (χ0v) is 12.1. The van der Waals surface area contributed by atoms with Crippen molar-refractivity contribution in [2.75, 3.05) is 25.6 Å². The Morgan fingerprint density at radius 1 is 1.20 bits per heavy atom. The lowest BCUT2D eigenvalue weighted by atomic mass is 10.1. The molecule has 2 rings (SSSR count). The molecule has 0 spiro atoms. The molecule has 0 bridgehead atoms. The highest BCUT2D eigenvalue weighted by Gasteiger charge is 2.06. The van der Waals surface area contributed by atoms with E-state index < -0.39 is 0 Å². The number of hydrogen-bond acceptors (Lipinski definition) is 4. The van der Waals surface area contributed by atoms with Gasteiger partial charge < -0.3 is 14.1 Å². The van der Waals surface area contributed by atoms with E-state index in [0.29, 0.717) is 24.5 Å². The standard InChI is InChI=1S/C16H19NO3/c1-4-19-10-13-11-20-16(9-15(13)18)12-5-7-14(8-6-12)17(2)3/h5-9,11H,4,10H2,1-3H3. The van der Waals surface area contributed by atoms with Gasteiger partial charge in [-0.05, 0) is 31.2 Å². The molecule has 0 fully saturated rings. The predicted molar refractivity (Wildman–Crippen MR) is 80.1 cm³/mol. The van der Waals surface area contributed by atoms with Gasteiger partial charge in [-0.1, -0.05) is 0 Å². The largest absolute Gasteiger partial charge is 0.464 e. The Morgan fingerprint density at radius 2 is 1.90 bits per heavy atom. The van der Waals surface area contributed by atoms with Crippen LogP contribution in [0.15, 0.2) is 45.8 Å². The first-order valence-electron chi connectivity index (χ1n) is 6.59. The van der Waals surface area contributed by atoms with Crippen LogP contribution in [0.25, 0.3) is 11.3 Å². The normalized spacial score (nSPS) is 10.6. The highest BCUT2D eigenvalue weighted by atomic mass is 16.5. The third kappa shape index (κ3) is 3.27. The summed E-state index contributed by atoms with van der Waals surface area (Å²) >= 11 is 0. The van der Waals surface area contributed by atoms with Crippen molar-refractivity contribution in [1.82, 2.24) is 0 Å². The summed E-state index contributed by atoms with van der Waals surface area (Å²) in [5.74, 6) is 0.570. The van der Waals surface area contributed by atoms with Crippen LogP contribution in [0.1, 0.15) is 12.5 Å². The molecule has 0 aliphatic carbocycles. The van der Waals surface area contributed by atoms with E-state index in [9.17, 15) is 4.79 Å². The quantitative estimate of drug-likeness (QED) is 0.840. The molecule has 0 amide bonds. The average Bonchev–Trinajstić information content (AvgIpc) is 2.46. The monoisotopic (exact) mass is 273 g/mol. The van der Waals surface area contributed by atoms with E-state index in [2.05, 4.69) is 0 Å². The van der Waals surface area contributed by atoms with Gasteiger partial charge in [0, 0.05) is 38.0 Å². The van der Waals surface area contributed by atoms with Gasteiger partial charge in [-0.3, -0.25) is 4.79 Å². The summed E-state index contributed by atoms with van der Waals surface area (Å²) in [4.78, 5) is 14.0. The Morgan fingerprint density at radius 3 is 2.45 bits per heavy atom. The molecule has 0 N–H and O–H groups in total. The van der Waals surface area contributed by atoms with E-state index in [1.54, 1.807) is 0 Å². The second-order valence-electron chi connectivity index (χ2n) is 4.71. The van der Waals surface area contributed by atoms with Crippen LogP contribution in [0.2, 0.25) is 0 Å². The van der Waals surface area contributed by atoms with Gasteiger partial charge in [-0.25, -0.2) is 0 Å². The van der Waals surface area contributed by atoms with Crippen molar-refractivity contribution in [3.05, 3.63) is 52.4 Å². The van der Waals surface area contributed by atoms with Gasteiger partial charge in [0.15, 0.2) is 5.43 Å². The van der Waals surface area contributed by atoms with Crippen LogP contribution in [0.4, 0.5) is 5.69 Å². The van der Waals surface area contributed by atoms with Crippen molar-refractivity contribution in [3.8, 4) is 11.3 Å². The molecular formula is C16H19NO3. The molecule has 0 saturated heterocycles.